The summed E-state index contributed by atoms with van der Waals surface area (Å²) in [7, 11) is 0. The summed E-state index contributed by atoms with van der Waals surface area (Å²) in [5.41, 5.74) is 4.13. The fourth-order valence-corrected chi connectivity index (χ4v) is 3.91. The average molecular weight is 433 g/mol. The minimum absolute atomic E-state index is 0.0889. The predicted molar refractivity (Wildman–Crippen MR) is 123 cm³/mol. The van der Waals surface area contributed by atoms with Gasteiger partial charge in [0, 0.05) is 32.3 Å². The van der Waals surface area contributed by atoms with Crippen LogP contribution in [0.4, 0.5) is 0 Å². The van der Waals surface area contributed by atoms with Gasteiger partial charge in [-0.1, -0.05) is 47.5 Å². The quantitative estimate of drug-likeness (QED) is 0.318. The Labute approximate surface area is 185 Å². The number of carbonyl (C=O) groups excluding carboxylic acids is 2. The van der Waals surface area contributed by atoms with Crippen molar-refractivity contribution in [2.75, 3.05) is 0 Å². The fourth-order valence-electron chi connectivity index (χ4n) is 3.66. The van der Waals surface area contributed by atoms with Gasteiger partial charge in [0.05, 0.1) is 0 Å². The lowest BCUT2D eigenvalue weighted by Crippen LogP contribution is -2.08. The highest BCUT2D eigenvalue weighted by atomic mass is 35.5. The van der Waals surface area contributed by atoms with Crippen molar-refractivity contribution in [1.29, 1.82) is 0 Å². The number of aryl methyl sites for hydroxylation is 1. The van der Waals surface area contributed by atoms with Crippen molar-refractivity contribution in [3.63, 3.8) is 0 Å². The van der Waals surface area contributed by atoms with Gasteiger partial charge in [0.2, 0.25) is 0 Å². The summed E-state index contributed by atoms with van der Waals surface area (Å²) in [6.07, 6.45) is 0. The first-order valence-corrected chi connectivity index (χ1v) is 10.3. The second kappa shape index (κ2) is 8.06. The Balaban J connectivity index is 1.92. The molecule has 0 aliphatic heterocycles. The Hall–Kier alpha value is -2.94. The number of fused-ring (bicyclic) bond motifs is 1. The van der Waals surface area contributed by atoms with Gasteiger partial charge in [-0.15, -0.1) is 0 Å². The van der Waals surface area contributed by atoms with E-state index in [1.165, 1.54) is 0 Å². The zero-order valence-electron chi connectivity index (χ0n) is 16.5. The number of carbonyl (C=O) groups is 2. The molecule has 0 aromatic heterocycles. The summed E-state index contributed by atoms with van der Waals surface area (Å²) in [5.74, 6) is -0.195. The minimum atomic E-state index is -0.106. The van der Waals surface area contributed by atoms with Crippen LogP contribution in [0.1, 0.15) is 43.0 Å². The van der Waals surface area contributed by atoms with Crippen molar-refractivity contribution in [2.24, 2.45) is 0 Å². The molecular formula is C26H18Cl2O2. The highest BCUT2D eigenvalue weighted by Crippen LogP contribution is 2.31. The molecule has 0 unspecified atom stereocenters. The van der Waals surface area contributed by atoms with Crippen LogP contribution in [0.5, 0.6) is 0 Å². The zero-order valence-corrected chi connectivity index (χ0v) is 18.0. The Morgan fingerprint density at radius 3 is 1.77 bits per heavy atom. The smallest absolute Gasteiger partial charge is 0.193 e. The van der Waals surface area contributed by atoms with Crippen molar-refractivity contribution in [2.45, 2.75) is 13.8 Å². The lowest BCUT2D eigenvalue weighted by atomic mass is 9.87. The van der Waals surface area contributed by atoms with Crippen LogP contribution in [-0.4, -0.2) is 11.6 Å². The van der Waals surface area contributed by atoms with Gasteiger partial charge in [-0.2, -0.15) is 0 Å². The molecule has 0 aliphatic carbocycles. The van der Waals surface area contributed by atoms with Gasteiger partial charge in [-0.3, -0.25) is 9.59 Å². The van der Waals surface area contributed by atoms with Gasteiger partial charge >= 0.3 is 0 Å². The monoisotopic (exact) mass is 432 g/mol. The third-order valence-electron chi connectivity index (χ3n) is 5.39. The summed E-state index contributed by atoms with van der Waals surface area (Å²) in [6, 6.07) is 21.2. The van der Waals surface area contributed by atoms with Crippen molar-refractivity contribution in [3.05, 3.63) is 116 Å². The van der Waals surface area contributed by atoms with E-state index in [1.807, 2.05) is 32.0 Å². The number of hydrogen-bond acceptors (Lipinski definition) is 2. The molecule has 4 aromatic carbocycles. The third-order valence-corrected chi connectivity index (χ3v) is 5.89. The van der Waals surface area contributed by atoms with Gasteiger partial charge in [0.15, 0.2) is 11.6 Å². The molecule has 0 bridgehead atoms. The van der Waals surface area contributed by atoms with E-state index in [0.717, 1.165) is 21.9 Å². The molecule has 0 fully saturated rings. The highest BCUT2D eigenvalue weighted by Gasteiger charge is 2.20. The lowest BCUT2D eigenvalue weighted by Gasteiger charge is -2.15. The van der Waals surface area contributed by atoms with E-state index >= 15 is 0 Å². The van der Waals surface area contributed by atoms with E-state index in [1.54, 1.807) is 54.6 Å². The van der Waals surface area contributed by atoms with Crippen LogP contribution < -0.4 is 0 Å². The number of halogens is 2. The summed E-state index contributed by atoms with van der Waals surface area (Å²) in [5, 5.41) is 2.68. The second-order valence-corrected chi connectivity index (χ2v) is 8.14. The van der Waals surface area contributed by atoms with Crippen molar-refractivity contribution >= 4 is 45.5 Å². The highest BCUT2D eigenvalue weighted by molar-refractivity contribution is 6.31. The van der Waals surface area contributed by atoms with Gasteiger partial charge in [0.25, 0.3) is 0 Å². The van der Waals surface area contributed by atoms with E-state index in [9.17, 15) is 9.59 Å². The molecule has 0 N–H and O–H groups in total. The number of ketones is 2. The Morgan fingerprint density at radius 1 is 0.667 bits per heavy atom. The molecule has 0 atom stereocenters. The molecule has 0 aliphatic rings. The zero-order chi connectivity index (χ0) is 21.4. The Morgan fingerprint density at radius 2 is 1.20 bits per heavy atom. The second-order valence-electron chi connectivity index (χ2n) is 7.27. The SMILES string of the molecule is Cc1cc2c(C(=O)c3ccc(Cl)cc3)cccc2c(C(=O)c2ccc(Cl)cc2)c1C. The summed E-state index contributed by atoms with van der Waals surface area (Å²) < 4.78 is 0. The van der Waals surface area contributed by atoms with Gasteiger partial charge in [-0.05, 0) is 84.3 Å². The van der Waals surface area contributed by atoms with Crippen LogP contribution in [0.2, 0.25) is 10.0 Å². The Kier molecular flexibility index (Phi) is 5.46. The first-order chi connectivity index (χ1) is 14.4. The van der Waals surface area contributed by atoms with Crippen LogP contribution in [0.15, 0.2) is 72.8 Å². The molecule has 148 valence electrons. The van der Waals surface area contributed by atoms with Crippen LogP contribution in [0, 0.1) is 13.8 Å². The van der Waals surface area contributed by atoms with Crippen molar-refractivity contribution in [1.82, 2.24) is 0 Å². The van der Waals surface area contributed by atoms with Crippen LogP contribution >= 0.6 is 23.2 Å². The van der Waals surface area contributed by atoms with E-state index in [4.69, 9.17) is 23.2 Å². The number of hydrogen-bond donors (Lipinski definition) is 0. The van der Waals surface area contributed by atoms with E-state index < -0.39 is 0 Å². The first-order valence-electron chi connectivity index (χ1n) is 9.50. The fraction of sp³-hybridized carbons (Fsp3) is 0.0769. The molecule has 0 heterocycles. The maximum absolute atomic E-state index is 13.4. The van der Waals surface area contributed by atoms with Crippen LogP contribution in [-0.2, 0) is 0 Å². The molecule has 4 aromatic rings. The van der Waals surface area contributed by atoms with E-state index in [0.29, 0.717) is 32.3 Å². The molecule has 4 rings (SSSR count). The molecule has 0 amide bonds. The third kappa shape index (κ3) is 3.65. The van der Waals surface area contributed by atoms with E-state index in [2.05, 4.69) is 0 Å². The largest absolute Gasteiger partial charge is 0.289 e. The van der Waals surface area contributed by atoms with Gasteiger partial charge in [-0.25, -0.2) is 0 Å². The molecule has 2 nitrogen and oxygen atoms in total. The van der Waals surface area contributed by atoms with Gasteiger partial charge in [0.1, 0.15) is 0 Å². The number of rotatable bonds is 4. The topological polar surface area (TPSA) is 34.1 Å². The molecule has 0 saturated heterocycles. The molecular weight excluding hydrogens is 415 g/mol. The average Bonchev–Trinajstić information content (AvgIpc) is 2.74. The van der Waals surface area contributed by atoms with Crippen LogP contribution in [0.25, 0.3) is 10.8 Å². The van der Waals surface area contributed by atoms with Crippen molar-refractivity contribution in [3.8, 4) is 0 Å². The maximum atomic E-state index is 13.4. The summed E-state index contributed by atoms with van der Waals surface area (Å²) in [4.78, 5) is 26.6. The molecule has 30 heavy (non-hydrogen) atoms. The molecule has 0 spiro atoms. The molecule has 4 heteroatoms. The van der Waals surface area contributed by atoms with Crippen LogP contribution in [0.3, 0.4) is 0 Å². The predicted octanol–water partition coefficient (Wildman–Crippen LogP) is 7.23. The van der Waals surface area contributed by atoms with Gasteiger partial charge < -0.3 is 0 Å². The molecule has 0 radical (unpaired) electrons. The van der Waals surface area contributed by atoms with E-state index in [-0.39, 0.29) is 11.6 Å². The number of benzene rings is 4. The lowest BCUT2D eigenvalue weighted by molar-refractivity contribution is 0.103. The first kappa shape index (κ1) is 20.3. The van der Waals surface area contributed by atoms with Crippen molar-refractivity contribution < 1.29 is 9.59 Å². The maximum Gasteiger partial charge on any atom is 0.193 e. The Bertz CT molecular complexity index is 1290. The molecule has 0 saturated carbocycles. The summed E-state index contributed by atoms with van der Waals surface area (Å²) in [6.45, 7) is 3.89. The normalized spacial score (nSPS) is 10.9. The minimum Gasteiger partial charge on any atom is -0.289 e. The summed E-state index contributed by atoms with van der Waals surface area (Å²) >= 11 is 11.9. The standard InChI is InChI=1S/C26H18Cl2O2/c1-15-14-23-21(24(16(15)2)26(30)18-8-12-20(28)13-9-18)4-3-5-22(23)25(29)17-6-10-19(27)11-7-17/h3-14H,1-2H3.